The predicted octanol–water partition coefficient (Wildman–Crippen LogP) is 11.0. The van der Waals surface area contributed by atoms with Gasteiger partial charge in [-0.05, 0) is 69.3 Å². The Morgan fingerprint density at radius 3 is 1.23 bits per heavy atom. The number of nitrogens with zero attached hydrogens (tertiary/aromatic N) is 2. The average Bonchev–Trinajstić information content (AvgIpc) is 3.77. The maximum atomic E-state index is 3.44. The standard InChI is InChI=1S/C36H61N2PSi/c1-40(2,3)36(29-35(36)30-19-9-4-10-20-30)39(37(31-21-11-5-12-22-31)32-23-13-6-14-24-32)38(33-25-15-7-16-26-33)34-27-17-8-18-28-34/h4,9-10,19-20,31-35H,5-8,11-18,21-29H2,1-3H3/t35-,36+/m0/s1. The van der Waals surface area contributed by atoms with Crippen molar-refractivity contribution in [3.05, 3.63) is 35.9 Å². The summed E-state index contributed by atoms with van der Waals surface area (Å²) in [5.41, 5.74) is 1.68. The SMILES string of the molecule is C[Si](C)(C)[C@]1(P(N(C2CCCCC2)C2CCCCC2)N(C2CCCCC2)C2CCCCC2)C[C@H]1c1ccccc1. The van der Waals surface area contributed by atoms with Crippen molar-refractivity contribution in [3.8, 4) is 0 Å². The highest BCUT2D eigenvalue weighted by atomic mass is 31.1. The van der Waals surface area contributed by atoms with Gasteiger partial charge in [0, 0.05) is 37.2 Å². The molecule has 6 rings (SSSR count). The van der Waals surface area contributed by atoms with Crippen molar-refractivity contribution in [3.63, 3.8) is 0 Å². The molecular weight excluding hydrogens is 519 g/mol. The van der Waals surface area contributed by atoms with Crippen molar-refractivity contribution in [2.45, 2.75) is 189 Å². The smallest absolute Gasteiger partial charge is 0.0596 e. The van der Waals surface area contributed by atoms with E-state index in [9.17, 15) is 0 Å². The first-order chi connectivity index (χ1) is 19.5. The fourth-order valence-electron chi connectivity index (χ4n) is 9.81. The lowest BCUT2D eigenvalue weighted by atomic mass is 9.90. The van der Waals surface area contributed by atoms with Crippen molar-refractivity contribution < 1.29 is 0 Å². The molecule has 5 saturated carbocycles. The van der Waals surface area contributed by atoms with Gasteiger partial charge in [0.1, 0.15) is 0 Å². The number of benzene rings is 1. The molecule has 5 fully saturated rings. The molecule has 0 radical (unpaired) electrons. The molecule has 2 atom stereocenters. The quantitative estimate of drug-likeness (QED) is 0.212. The van der Waals surface area contributed by atoms with Gasteiger partial charge in [0.05, 0.1) is 8.07 Å². The van der Waals surface area contributed by atoms with Crippen LogP contribution in [0.4, 0.5) is 0 Å². The second kappa shape index (κ2) is 13.2. The Labute approximate surface area is 250 Å². The summed E-state index contributed by atoms with van der Waals surface area (Å²) in [5, 5.41) is 0. The van der Waals surface area contributed by atoms with Crippen LogP contribution in [0, 0.1) is 0 Å². The van der Waals surface area contributed by atoms with Crippen molar-refractivity contribution in [2.75, 3.05) is 0 Å². The average molecular weight is 581 g/mol. The molecule has 0 aromatic heterocycles. The Hall–Kier alpha value is -0.213. The second-order valence-corrected chi connectivity index (χ2v) is 23.7. The molecule has 0 saturated heterocycles. The molecule has 1 aromatic rings. The lowest BCUT2D eigenvalue weighted by Crippen LogP contribution is -2.57. The van der Waals surface area contributed by atoms with Crippen LogP contribution in [-0.4, -0.2) is 46.4 Å². The summed E-state index contributed by atoms with van der Waals surface area (Å²) in [6.07, 6.45) is 31.1. The van der Waals surface area contributed by atoms with E-state index in [1.807, 2.05) is 0 Å². The van der Waals surface area contributed by atoms with Crippen molar-refractivity contribution in [1.82, 2.24) is 9.34 Å². The van der Waals surface area contributed by atoms with Crippen molar-refractivity contribution >= 4 is 16.3 Å². The van der Waals surface area contributed by atoms with Crippen molar-refractivity contribution in [2.24, 2.45) is 0 Å². The van der Waals surface area contributed by atoms with Gasteiger partial charge < -0.3 is 0 Å². The van der Waals surface area contributed by atoms with Crippen LogP contribution in [0.15, 0.2) is 30.3 Å². The molecule has 0 amide bonds. The Kier molecular flexibility index (Phi) is 9.84. The van der Waals surface area contributed by atoms with Crippen LogP contribution in [0.2, 0.25) is 19.6 Å². The van der Waals surface area contributed by atoms with Crippen LogP contribution in [0.5, 0.6) is 0 Å². The highest BCUT2D eigenvalue weighted by molar-refractivity contribution is 7.58. The van der Waals surface area contributed by atoms with E-state index in [1.165, 1.54) is 135 Å². The third-order valence-corrected chi connectivity index (χ3v) is 21.2. The molecule has 5 aliphatic rings. The van der Waals surface area contributed by atoms with Gasteiger partial charge in [-0.1, -0.05) is 127 Å². The Morgan fingerprint density at radius 1 is 0.550 bits per heavy atom. The van der Waals surface area contributed by atoms with E-state index in [0.29, 0.717) is 4.78 Å². The van der Waals surface area contributed by atoms with E-state index < -0.39 is 8.07 Å². The normalized spacial score (nSPS) is 30.4. The minimum Gasteiger partial charge on any atom is -0.264 e. The molecule has 0 heterocycles. The largest absolute Gasteiger partial charge is 0.264 e. The van der Waals surface area contributed by atoms with Gasteiger partial charge in [-0.25, -0.2) is 0 Å². The maximum Gasteiger partial charge on any atom is 0.0596 e. The first-order valence-electron chi connectivity index (χ1n) is 17.9. The summed E-state index contributed by atoms with van der Waals surface area (Å²) in [7, 11) is -1.85. The highest BCUT2D eigenvalue weighted by Crippen LogP contribution is 2.79. The zero-order valence-corrected chi connectivity index (χ0v) is 28.4. The molecule has 224 valence electrons. The minimum absolute atomic E-state index is 0.334. The van der Waals surface area contributed by atoms with Crippen LogP contribution >= 0.6 is 8.22 Å². The molecular formula is C36H61N2PSi. The van der Waals surface area contributed by atoms with E-state index in [4.69, 9.17) is 0 Å². The second-order valence-electron chi connectivity index (χ2n) is 15.6. The predicted molar refractivity (Wildman–Crippen MR) is 178 cm³/mol. The van der Waals surface area contributed by atoms with E-state index in [-0.39, 0.29) is 8.22 Å². The van der Waals surface area contributed by atoms with Gasteiger partial charge in [0.15, 0.2) is 0 Å². The Bertz CT molecular complexity index is 832. The maximum absolute atomic E-state index is 3.44. The van der Waals surface area contributed by atoms with Gasteiger partial charge in [-0.2, -0.15) is 0 Å². The summed E-state index contributed by atoms with van der Waals surface area (Å²) >= 11 is 0. The molecule has 0 N–H and O–H groups in total. The van der Waals surface area contributed by atoms with Crippen molar-refractivity contribution in [1.29, 1.82) is 0 Å². The third kappa shape index (κ3) is 6.07. The zero-order chi connectivity index (χ0) is 27.6. The van der Waals surface area contributed by atoms with Crippen LogP contribution in [0.25, 0.3) is 0 Å². The van der Waals surface area contributed by atoms with E-state index in [0.717, 1.165) is 30.1 Å². The monoisotopic (exact) mass is 580 g/mol. The van der Waals surface area contributed by atoms with E-state index in [2.05, 4.69) is 59.3 Å². The summed E-state index contributed by atoms with van der Waals surface area (Å²) in [4.78, 5) is 0. The molecule has 1 aromatic carbocycles. The van der Waals surface area contributed by atoms with Crippen LogP contribution in [0.3, 0.4) is 0 Å². The fourth-order valence-corrected chi connectivity index (χ4v) is 18.9. The Balaban J connectivity index is 1.50. The highest BCUT2D eigenvalue weighted by Gasteiger charge is 2.70. The van der Waals surface area contributed by atoms with Gasteiger partial charge in [0.25, 0.3) is 0 Å². The van der Waals surface area contributed by atoms with E-state index in [1.54, 1.807) is 5.56 Å². The molecule has 4 heteroatoms. The molecule has 0 bridgehead atoms. The fraction of sp³-hybridized carbons (Fsp3) is 0.833. The summed E-state index contributed by atoms with van der Waals surface area (Å²) < 4.78 is 7.42. The van der Waals surface area contributed by atoms with E-state index >= 15 is 0 Å². The molecule has 40 heavy (non-hydrogen) atoms. The molecule has 0 aliphatic heterocycles. The van der Waals surface area contributed by atoms with Gasteiger partial charge >= 0.3 is 0 Å². The summed E-state index contributed by atoms with van der Waals surface area (Å²) in [6, 6.07) is 15.3. The zero-order valence-electron chi connectivity index (χ0n) is 26.5. The summed E-state index contributed by atoms with van der Waals surface area (Å²) in [6.45, 7) is 8.39. The topological polar surface area (TPSA) is 6.48 Å². The first-order valence-corrected chi connectivity index (χ1v) is 22.7. The van der Waals surface area contributed by atoms with Gasteiger partial charge in [0.2, 0.25) is 0 Å². The van der Waals surface area contributed by atoms with Gasteiger partial charge in [-0.15, -0.1) is 0 Å². The van der Waals surface area contributed by atoms with Crippen LogP contribution in [0.1, 0.15) is 146 Å². The van der Waals surface area contributed by atoms with Crippen LogP contribution in [-0.2, 0) is 0 Å². The molecule has 5 aliphatic carbocycles. The molecule has 0 unspecified atom stereocenters. The number of hydrogen-bond donors (Lipinski definition) is 0. The lowest BCUT2D eigenvalue weighted by molar-refractivity contribution is 0.130. The molecule has 2 nitrogen and oxygen atoms in total. The first kappa shape index (κ1) is 29.8. The third-order valence-electron chi connectivity index (χ3n) is 12.0. The van der Waals surface area contributed by atoms with Crippen LogP contribution < -0.4 is 0 Å². The minimum atomic E-state index is -1.52. The molecule has 0 spiro atoms. The Morgan fingerprint density at radius 2 is 0.900 bits per heavy atom. The number of rotatable bonds is 9. The number of hydrogen-bond acceptors (Lipinski definition) is 2. The lowest BCUT2D eigenvalue weighted by Gasteiger charge is -2.59. The van der Waals surface area contributed by atoms with Gasteiger partial charge in [-0.3, -0.25) is 9.34 Å². The summed E-state index contributed by atoms with van der Waals surface area (Å²) in [5.74, 6) is 0.788.